The normalized spacial score (nSPS) is 18.6. The predicted octanol–water partition coefficient (Wildman–Crippen LogP) is 4.66. The van der Waals surface area contributed by atoms with Crippen molar-refractivity contribution in [1.82, 2.24) is 14.8 Å². The lowest BCUT2D eigenvalue weighted by Gasteiger charge is -2.40. The van der Waals surface area contributed by atoms with Gasteiger partial charge in [-0.1, -0.05) is 55.8 Å². The standard InChI is InChI=1S/C22H23ClN4O2/c1-14(2)21(28)26-19(15-8-10-16(29-3)11-9-15)12-20(27-22(26)24-13-25-27)17-6-4-5-7-18(17)23/h4-11,13-14,19-20H,12H2,1-3H3. The molecule has 0 spiro atoms. The molecule has 1 aromatic heterocycles. The first kappa shape index (κ1) is 19.5. The van der Waals surface area contributed by atoms with E-state index < -0.39 is 0 Å². The van der Waals surface area contributed by atoms with Gasteiger partial charge < -0.3 is 4.74 Å². The van der Waals surface area contributed by atoms with Gasteiger partial charge in [-0.3, -0.25) is 9.69 Å². The van der Waals surface area contributed by atoms with E-state index in [2.05, 4.69) is 10.1 Å². The van der Waals surface area contributed by atoms with Crippen LogP contribution in [-0.4, -0.2) is 27.8 Å². The van der Waals surface area contributed by atoms with Crippen LogP contribution < -0.4 is 9.64 Å². The average Bonchev–Trinajstić information content (AvgIpc) is 3.22. The molecule has 2 aromatic carbocycles. The second-order valence-electron chi connectivity index (χ2n) is 7.43. The fraction of sp³-hybridized carbons (Fsp3) is 0.318. The fourth-order valence-corrected chi connectivity index (χ4v) is 4.10. The third-order valence-corrected chi connectivity index (χ3v) is 5.66. The Labute approximate surface area is 175 Å². The maximum absolute atomic E-state index is 13.2. The molecule has 0 N–H and O–H groups in total. The Kier molecular flexibility index (Phi) is 5.28. The van der Waals surface area contributed by atoms with Gasteiger partial charge in [0.25, 0.3) is 0 Å². The summed E-state index contributed by atoms with van der Waals surface area (Å²) in [5.41, 5.74) is 1.99. The number of methoxy groups -OCH3 is 1. The van der Waals surface area contributed by atoms with Gasteiger partial charge in [0.2, 0.25) is 11.9 Å². The van der Waals surface area contributed by atoms with Crippen LogP contribution in [0.3, 0.4) is 0 Å². The van der Waals surface area contributed by atoms with E-state index >= 15 is 0 Å². The number of carbonyl (C=O) groups is 1. The second kappa shape index (κ2) is 7.87. The van der Waals surface area contributed by atoms with Crippen LogP contribution >= 0.6 is 11.6 Å². The summed E-state index contributed by atoms with van der Waals surface area (Å²) < 4.78 is 7.10. The molecule has 0 fully saturated rings. The molecule has 29 heavy (non-hydrogen) atoms. The highest BCUT2D eigenvalue weighted by Crippen LogP contribution is 2.44. The lowest BCUT2D eigenvalue weighted by atomic mass is 9.91. The minimum absolute atomic E-state index is 0.0117. The van der Waals surface area contributed by atoms with E-state index in [4.69, 9.17) is 16.3 Å². The van der Waals surface area contributed by atoms with Crippen LogP contribution in [0.15, 0.2) is 54.9 Å². The van der Waals surface area contributed by atoms with Crippen LogP contribution in [-0.2, 0) is 4.79 Å². The van der Waals surface area contributed by atoms with Crippen molar-refractivity contribution in [2.24, 2.45) is 5.92 Å². The Morgan fingerprint density at radius 3 is 2.52 bits per heavy atom. The zero-order valence-corrected chi connectivity index (χ0v) is 17.4. The molecule has 2 heterocycles. The number of halogens is 1. The Morgan fingerprint density at radius 2 is 1.86 bits per heavy atom. The van der Waals surface area contributed by atoms with Gasteiger partial charge in [0.15, 0.2) is 0 Å². The SMILES string of the molecule is COc1ccc(C2CC(c3ccccc3Cl)n3ncnc3N2C(=O)C(C)C)cc1. The average molecular weight is 411 g/mol. The molecule has 0 aliphatic carbocycles. The minimum Gasteiger partial charge on any atom is -0.497 e. The van der Waals surface area contributed by atoms with Crippen molar-refractivity contribution in [1.29, 1.82) is 0 Å². The molecular weight excluding hydrogens is 388 g/mol. The van der Waals surface area contributed by atoms with Gasteiger partial charge >= 0.3 is 0 Å². The van der Waals surface area contributed by atoms with Crippen LogP contribution in [0.2, 0.25) is 5.02 Å². The zero-order chi connectivity index (χ0) is 20.5. The highest BCUT2D eigenvalue weighted by molar-refractivity contribution is 6.31. The summed E-state index contributed by atoms with van der Waals surface area (Å²) in [4.78, 5) is 19.4. The highest BCUT2D eigenvalue weighted by Gasteiger charge is 2.40. The largest absolute Gasteiger partial charge is 0.497 e. The molecule has 2 unspecified atom stereocenters. The first-order valence-corrected chi connectivity index (χ1v) is 10.00. The Hall–Kier alpha value is -2.86. The van der Waals surface area contributed by atoms with Crippen molar-refractivity contribution >= 4 is 23.5 Å². The predicted molar refractivity (Wildman–Crippen MR) is 112 cm³/mol. The van der Waals surface area contributed by atoms with Gasteiger partial charge in [0.05, 0.1) is 19.2 Å². The van der Waals surface area contributed by atoms with Crippen LogP contribution in [0, 0.1) is 5.92 Å². The molecule has 1 aliphatic rings. The number of anilines is 1. The second-order valence-corrected chi connectivity index (χ2v) is 7.84. The van der Waals surface area contributed by atoms with E-state index in [0.717, 1.165) is 16.9 Å². The molecular formula is C22H23ClN4O2. The number of hydrogen-bond donors (Lipinski definition) is 0. The lowest BCUT2D eigenvalue weighted by Crippen LogP contribution is -2.44. The van der Waals surface area contributed by atoms with E-state index in [-0.39, 0.29) is 23.9 Å². The summed E-state index contributed by atoms with van der Waals surface area (Å²) in [6.07, 6.45) is 2.14. The van der Waals surface area contributed by atoms with Crippen molar-refractivity contribution in [3.63, 3.8) is 0 Å². The van der Waals surface area contributed by atoms with E-state index in [0.29, 0.717) is 17.4 Å². The first-order valence-electron chi connectivity index (χ1n) is 9.62. The minimum atomic E-state index is -0.186. The topological polar surface area (TPSA) is 60.2 Å². The number of benzene rings is 2. The monoisotopic (exact) mass is 410 g/mol. The summed E-state index contributed by atoms with van der Waals surface area (Å²) in [7, 11) is 1.64. The molecule has 6 nitrogen and oxygen atoms in total. The highest BCUT2D eigenvalue weighted by atomic mass is 35.5. The number of ether oxygens (including phenoxy) is 1. The third-order valence-electron chi connectivity index (χ3n) is 5.32. The van der Waals surface area contributed by atoms with Crippen LogP contribution in [0.1, 0.15) is 43.5 Å². The maximum atomic E-state index is 13.2. The van der Waals surface area contributed by atoms with Crippen molar-refractivity contribution in [2.75, 3.05) is 12.0 Å². The number of aromatic nitrogens is 3. The van der Waals surface area contributed by atoms with Gasteiger partial charge in [-0.2, -0.15) is 10.1 Å². The van der Waals surface area contributed by atoms with E-state index in [1.54, 1.807) is 12.0 Å². The maximum Gasteiger partial charge on any atom is 0.232 e. The molecule has 4 rings (SSSR count). The van der Waals surface area contributed by atoms with E-state index in [1.807, 2.05) is 67.1 Å². The molecule has 0 saturated carbocycles. The van der Waals surface area contributed by atoms with Gasteiger partial charge in [0, 0.05) is 10.9 Å². The number of carbonyl (C=O) groups excluding carboxylic acids is 1. The quantitative estimate of drug-likeness (QED) is 0.627. The third kappa shape index (κ3) is 3.49. The Balaban J connectivity index is 1.85. The smallest absolute Gasteiger partial charge is 0.232 e. The zero-order valence-electron chi connectivity index (χ0n) is 16.6. The van der Waals surface area contributed by atoms with Crippen molar-refractivity contribution < 1.29 is 9.53 Å². The molecule has 1 aliphatic heterocycles. The number of amides is 1. The van der Waals surface area contributed by atoms with E-state index in [9.17, 15) is 4.79 Å². The van der Waals surface area contributed by atoms with Crippen molar-refractivity contribution in [2.45, 2.75) is 32.4 Å². The number of fused-ring (bicyclic) bond motifs is 1. The van der Waals surface area contributed by atoms with Gasteiger partial charge in [0.1, 0.15) is 12.1 Å². The number of rotatable bonds is 4. The van der Waals surface area contributed by atoms with Crippen LogP contribution in [0.4, 0.5) is 5.95 Å². The summed E-state index contributed by atoms with van der Waals surface area (Å²) in [6, 6.07) is 15.3. The molecule has 0 saturated heterocycles. The first-order chi connectivity index (χ1) is 14.0. The molecule has 150 valence electrons. The van der Waals surface area contributed by atoms with Gasteiger partial charge in [-0.25, -0.2) is 4.68 Å². The van der Waals surface area contributed by atoms with Crippen LogP contribution in [0.25, 0.3) is 0 Å². The summed E-state index contributed by atoms with van der Waals surface area (Å²) in [5.74, 6) is 1.16. The molecule has 2 atom stereocenters. The Bertz CT molecular complexity index is 1020. The van der Waals surface area contributed by atoms with Gasteiger partial charge in [-0.05, 0) is 35.7 Å². The molecule has 3 aromatic rings. The van der Waals surface area contributed by atoms with Crippen LogP contribution in [0.5, 0.6) is 5.75 Å². The lowest BCUT2D eigenvalue weighted by molar-refractivity contribution is -0.122. The number of hydrogen-bond acceptors (Lipinski definition) is 4. The summed E-state index contributed by atoms with van der Waals surface area (Å²) in [6.45, 7) is 3.79. The summed E-state index contributed by atoms with van der Waals surface area (Å²) >= 11 is 6.52. The van der Waals surface area contributed by atoms with E-state index in [1.165, 1.54) is 6.33 Å². The molecule has 7 heteroatoms. The van der Waals surface area contributed by atoms with Gasteiger partial charge in [-0.15, -0.1) is 0 Å². The van der Waals surface area contributed by atoms with Crippen molar-refractivity contribution in [3.05, 3.63) is 71.0 Å². The molecule has 0 bridgehead atoms. The fourth-order valence-electron chi connectivity index (χ4n) is 3.84. The summed E-state index contributed by atoms with van der Waals surface area (Å²) in [5, 5.41) is 5.11. The molecule has 0 radical (unpaired) electrons. The number of nitrogens with zero attached hydrogens (tertiary/aromatic N) is 4. The molecule has 1 amide bonds. The Morgan fingerprint density at radius 1 is 1.14 bits per heavy atom. The van der Waals surface area contributed by atoms with Crippen molar-refractivity contribution in [3.8, 4) is 5.75 Å².